The van der Waals surface area contributed by atoms with Crippen LogP contribution < -0.4 is 4.89 Å². The van der Waals surface area contributed by atoms with Gasteiger partial charge < -0.3 is 10.3 Å². The van der Waals surface area contributed by atoms with E-state index < -0.39 is 16.0 Å². The molecule has 6 nitrogen and oxygen atoms in total. The van der Waals surface area contributed by atoms with Crippen LogP contribution in [0.15, 0.2) is 21.5 Å². The van der Waals surface area contributed by atoms with Crippen molar-refractivity contribution in [1.29, 1.82) is 0 Å². The summed E-state index contributed by atoms with van der Waals surface area (Å²) in [5.74, 6) is -1.25. The molecule has 0 heterocycles. The van der Waals surface area contributed by atoms with Crippen LogP contribution in [0.5, 0.6) is 0 Å². The van der Waals surface area contributed by atoms with Gasteiger partial charge in [-0.1, -0.05) is 4.89 Å². The maximum Gasteiger partial charge on any atom is 0.335 e. The molecule has 8 heteroatoms. The molecule has 0 bridgehead atoms. The molecule has 0 aliphatic carbocycles. The summed E-state index contributed by atoms with van der Waals surface area (Å²) in [6.07, 6.45) is 0. The van der Waals surface area contributed by atoms with E-state index in [-0.39, 0.29) is 14.9 Å². The zero-order valence-electron chi connectivity index (χ0n) is 8.06. The zero-order valence-corrected chi connectivity index (χ0v) is 10.5. The number of carbonyl (C=O) groups is 1. The van der Waals surface area contributed by atoms with Gasteiger partial charge in [-0.15, -0.1) is 0 Å². The molecule has 0 spiro atoms. The minimum Gasteiger partial charge on any atom is -0.478 e. The SMILES string of the molecule is Cc1cc(C(=O)O)cc(S(=O)(=O)NO)c1Br. The first-order valence-electron chi connectivity index (χ1n) is 3.99. The van der Waals surface area contributed by atoms with Crippen LogP contribution in [-0.2, 0) is 10.0 Å². The monoisotopic (exact) mass is 309 g/mol. The summed E-state index contributed by atoms with van der Waals surface area (Å²) in [6, 6.07) is 2.28. The second-order valence-electron chi connectivity index (χ2n) is 3.01. The number of nitrogens with one attached hydrogen (secondary N) is 1. The molecule has 0 aliphatic rings. The Morgan fingerprint density at radius 3 is 2.44 bits per heavy atom. The van der Waals surface area contributed by atoms with Crippen LogP contribution in [0, 0.1) is 6.92 Å². The molecule has 1 rings (SSSR count). The molecular weight excluding hydrogens is 302 g/mol. The van der Waals surface area contributed by atoms with E-state index in [2.05, 4.69) is 15.9 Å². The topological polar surface area (TPSA) is 104 Å². The highest BCUT2D eigenvalue weighted by molar-refractivity contribution is 9.10. The van der Waals surface area contributed by atoms with E-state index in [1.807, 2.05) is 0 Å². The van der Waals surface area contributed by atoms with Gasteiger partial charge in [-0.05, 0) is 40.5 Å². The number of carboxylic acid groups (broad SMARTS) is 1. The predicted molar refractivity (Wildman–Crippen MR) is 57.9 cm³/mol. The second-order valence-corrected chi connectivity index (χ2v) is 5.43. The Balaban J connectivity index is 3.57. The van der Waals surface area contributed by atoms with E-state index in [0.29, 0.717) is 5.56 Å². The van der Waals surface area contributed by atoms with Crippen LogP contribution in [0.4, 0.5) is 0 Å². The van der Waals surface area contributed by atoms with Crippen LogP contribution in [0.3, 0.4) is 0 Å². The number of rotatable bonds is 3. The first-order valence-corrected chi connectivity index (χ1v) is 6.26. The highest BCUT2D eigenvalue weighted by atomic mass is 79.9. The number of aromatic carboxylic acids is 1. The van der Waals surface area contributed by atoms with Crippen LogP contribution >= 0.6 is 15.9 Å². The summed E-state index contributed by atoms with van der Waals surface area (Å²) in [7, 11) is -4.11. The standard InChI is InChI=1S/C8H8BrNO5S/c1-4-2-5(8(11)12)3-6(7(4)9)16(14,15)10-13/h2-3,10,13H,1H3,(H,11,12). The number of aryl methyl sites for hydroxylation is 1. The van der Waals surface area contributed by atoms with Gasteiger partial charge >= 0.3 is 5.97 Å². The van der Waals surface area contributed by atoms with Crippen molar-refractivity contribution in [3.63, 3.8) is 0 Å². The minimum absolute atomic E-state index is 0.172. The quantitative estimate of drug-likeness (QED) is 0.726. The van der Waals surface area contributed by atoms with Crippen molar-refractivity contribution in [1.82, 2.24) is 4.89 Å². The fraction of sp³-hybridized carbons (Fsp3) is 0.125. The van der Waals surface area contributed by atoms with Crippen LogP contribution in [0.1, 0.15) is 15.9 Å². The van der Waals surface area contributed by atoms with Crippen molar-refractivity contribution in [2.24, 2.45) is 0 Å². The normalized spacial score (nSPS) is 11.4. The summed E-state index contributed by atoms with van der Waals surface area (Å²) in [5, 5.41) is 17.3. The molecule has 0 aromatic heterocycles. The van der Waals surface area contributed by atoms with Crippen LogP contribution in [-0.4, -0.2) is 24.7 Å². The minimum atomic E-state index is -4.11. The van der Waals surface area contributed by atoms with E-state index in [1.165, 1.54) is 6.07 Å². The third kappa shape index (κ3) is 2.40. The number of hydrogen-bond acceptors (Lipinski definition) is 4. The molecular formula is C8H8BrNO5S. The summed E-state index contributed by atoms with van der Waals surface area (Å²) in [4.78, 5) is 11.6. The highest BCUT2D eigenvalue weighted by Crippen LogP contribution is 2.27. The Labute approximate surface area is 100 Å². The Kier molecular flexibility index (Phi) is 3.68. The maximum atomic E-state index is 11.4. The fourth-order valence-electron chi connectivity index (χ4n) is 1.11. The summed E-state index contributed by atoms with van der Waals surface area (Å²) >= 11 is 3.02. The average Bonchev–Trinajstić information content (AvgIpc) is 2.21. The molecule has 88 valence electrons. The summed E-state index contributed by atoms with van der Waals surface area (Å²) < 4.78 is 22.9. The lowest BCUT2D eigenvalue weighted by Crippen LogP contribution is -2.20. The van der Waals surface area contributed by atoms with E-state index in [4.69, 9.17) is 10.3 Å². The van der Waals surface area contributed by atoms with Gasteiger partial charge in [0.15, 0.2) is 0 Å². The van der Waals surface area contributed by atoms with Crippen molar-refractivity contribution >= 4 is 31.9 Å². The van der Waals surface area contributed by atoms with Gasteiger partial charge in [-0.3, -0.25) is 0 Å². The van der Waals surface area contributed by atoms with Gasteiger partial charge in [0.1, 0.15) is 0 Å². The molecule has 0 saturated heterocycles. The van der Waals surface area contributed by atoms with Crippen molar-refractivity contribution in [2.75, 3.05) is 0 Å². The first kappa shape index (κ1) is 13.1. The third-order valence-corrected chi connectivity index (χ3v) is 4.33. The highest BCUT2D eigenvalue weighted by Gasteiger charge is 2.20. The lowest BCUT2D eigenvalue weighted by atomic mass is 10.1. The van der Waals surface area contributed by atoms with E-state index in [1.54, 1.807) is 6.92 Å². The van der Waals surface area contributed by atoms with E-state index in [9.17, 15) is 13.2 Å². The fourth-order valence-corrected chi connectivity index (χ4v) is 2.75. The van der Waals surface area contributed by atoms with E-state index >= 15 is 0 Å². The molecule has 0 unspecified atom stereocenters. The number of benzene rings is 1. The lowest BCUT2D eigenvalue weighted by Gasteiger charge is -2.08. The Hall–Kier alpha value is -0.960. The second kappa shape index (κ2) is 4.50. The van der Waals surface area contributed by atoms with Gasteiger partial charge in [0, 0.05) is 4.47 Å². The molecule has 0 fully saturated rings. The molecule has 3 N–H and O–H groups in total. The number of carboxylic acids is 1. The van der Waals surface area contributed by atoms with Gasteiger partial charge in [0.2, 0.25) is 0 Å². The van der Waals surface area contributed by atoms with Crippen molar-refractivity contribution in [3.8, 4) is 0 Å². The Morgan fingerprint density at radius 1 is 1.44 bits per heavy atom. The molecule has 0 aliphatic heterocycles. The number of halogens is 1. The summed E-state index contributed by atoms with van der Waals surface area (Å²) in [5.41, 5.74) is 0.267. The number of hydrogen-bond donors (Lipinski definition) is 3. The van der Waals surface area contributed by atoms with Gasteiger partial charge in [-0.2, -0.15) is 0 Å². The van der Waals surface area contributed by atoms with Gasteiger partial charge in [0.05, 0.1) is 10.5 Å². The molecule has 1 aromatic rings. The third-order valence-electron chi connectivity index (χ3n) is 1.88. The van der Waals surface area contributed by atoms with Gasteiger partial charge in [-0.25, -0.2) is 13.2 Å². The smallest absolute Gasteiger partial charge is 0.335 e. The molecule has 0 saturated carbocycles. The van der Waals surface area contributed by atoms with Crippen molar-refractivity contribution in [3.05, 3.63) is 27.7 Å². The van der Waals surface area contributed by atoms with Gasteiger partial charge in [0.25, 0.3) is 10.0 Å². The molecule has 1 aromatic carbocycles. The van der Waals surface area contributed by atoms with Crippen molar-refractivity contribution in [2.45, 2.75) is 11.8 Å². The average molecular weight is 310 g/mol. The van der Waals surface area contributed by atoms with Crippen LogP contribution in [0.2, 0.25) is 0 Å². The number of sulfonamides is 1. The molecule has 0 amide bonds. The summed E-state index contributed by atoms with van der Waals surface area (Å²) in [6.45, 7) is 1.55. The maximum absolute atomic E-state index is 11.4. The Bertz CT molecular complexity index is 540. The molecule has 0 atom stereocenters. The predicted octanol–water partition coefficient (Wildman–Crippen LogP) is 1.12. The first-order chi connectivity index (χ1) is 7.29. The molecule has 0 radical (unpaired) electrons. The molecule has 16 heavy (non-hydrogen) atoms. The zero-order chi connectivity index (χ0) is 12.5. The van der Waals surface area contributed by atoms with Crippen molar-refractivity contribution < 1.29 is 23.5 Å². The Morgan fingerprint density at radius 2 is 2.00 bits per heavy atom. The largest absolute Gasteiger partial charge is 0.478 e. The lowest BCUT2D eigenvalue weighted by molar-refractivity contribution is 0.0696. The van der Waals surface area contributed by atoms with E-state index in [0.717, 1.165) is 11.0 Å². The van der Waals surface area contributed by atoms with Crippen LogP contribution in [0.25, 0.3) is 0 Å².